The molecule has 0 amide bonds. The number of benzene rings is 1. The zero-order chi connectivity index (χ0) is 17.6. The summed E-state index contributed by atoms with van der Waals surface area (Å²) >= 11 is 5.26. The van der Waals surface area contributed by atoms with Crippen LogP contribution >= 0.6 is 12.2 Å². The first-order valence-electron chi connectivity index (χ1n) is 8.49. The van der Waals surface area contributed by atoms with Gasteiger partial charge in [0.1, 0.15) is 5.75 Å². The van der Waals surface area contributed by atoms with Crippen molar-refractivity contribution >= 4 is 28.2 Å². The highest BCUT2D eigenvalue weighted by atomic mass is 32.1. The average Bonchev–Trinajstić information content (AvgIpc) is 3.13. The van der Waals surface area contributed by atoms with E-state index in [0.717, 1.165) is 48.2 Å². The van der Waals surface area contributed by atoms with Crippen molar-refractivity contribution in [1.82, 2.24) is 15.6 Å². The van der Waals surface area contributed by atoms with Gasteiger partial charge in [0, 0.05) is 31.3 Å². The van der Waals surface area contributed by atoms with Crippen molar-refractivity contribution in [3.63, 3.8) is 0 Å². The summed E-state index contributed by atoms with van der Waals surface area (Å²) in [6.45, 7) is 2.16. The average molecular weight is 361 g/mol. The number of rotatable bonds is 6. The molecule has 0 saturated carbocycles. The summed E-state index contributed by atoms with van der Waals surface area (Å²) in [6.07, 6.45) is 3.04. The first-order chi connectivity index (χ1) is 12.2. The fraction of sp³-hybridized carbons (Fsp3) is 0.444. The molecular formula is C18H23N3O3S. The Labute approximate surface area is 151 Å². The Balaban J connectivity index is 1.53. The molecule has 1 saturated heterocycles. The van der Waals surface area contributed by atoms with E-state index >= 15 is 0 Å². The summed E-state index contributed by atoms with van der Waals surface area (Å²) in [5, 5.41) is 7.88. The van der Waals surface area contributed by atoms with Crippen LogP contribution in [-0.4, -0.2) is 43.0 Å². The van der Waals surface area contributed by atoms with Crippen LogP contribution < -0.4 is 20.9 Å². The van der Waals surface area contributed by atoms with Crippen molar-refractivity contribution in [3.05, 3.63) is 40.2 Å². The molecule has 1 aliphatic rings. The van der Waals surface area contributed by atoms with Gasteiger partial charge in [0.2, 0.25) is 0 Å². The number of pyridine rings is 1. The maximum Gasteiger partial charge on any atom is 0.251 e. The van der Waals surface area contributed by atoms with E-state index in [1.165, 1.54) is 0 Å². The van der Waals surface area contributed by atoms with Crippen LogP contribution in [0, 0.1) is 0 Å². The number of ether oxygens (including phenoxy) is 2. The number of hydrogen-bond donors (Lipinski definition) is 3. The molecule has 0 spiro atoms. The molecule has 3 rings (SSSR count). The van der Waals surface area contributed by atoms with E-state index < -0.39 is 0 Å². The van der Waals surface area contributed by atoms with Crippen molar-refractivity contribution in [1.29, 1.82) is 0 Å². The molecule has 7 heteroatoms. The molecule has 6 nitrogen and oxygen atoms in total. The summed E-state index contributed by atoms with van der Waals surface area (Å²) in [5.41, 5.74) is 1.42. The van der Waals surface area contributed by atoms with Gasteiger partial charge >= 0.3 is 0 Å². The molecule has 1 fully saturated rings. The standard InChI is InChI=1S/C18H23N3O3S/c1-23-14-5-4-12-9-13(17(22)21-16(12)10-14)6-7-19-18(25)20-11-15-3-2-8-24-15/h4-5,9-10,15H,2-3,6-8,11H2,1H3,(H,21,22)(H2,19,20,25)/t15-/m1/s1. The molecular weight excluding hydrogens is 338 g/mol. The van der Waals surface area contributed by atoms with Gasteiger partial charge in [-0.3, -0.25) is 4.79 Å². The molecule has 0 aliphatic carbocycles. The molecule has 1 aliphatic heterocycles. The molecule has 0 radical (unpaired) electrons. The lowest BCUT2D eigenvalue weighted by atomic mass is 10.1. The van der Waals surface area contributed by atoms with Gasteiger partial charge in [0.25, 0.3) is 5.56 Å². The van der Waals surface area contributed by atoms with E-state index in [4.69, 9.17) is 21.7 Å². The number of hydrogen-bond acceptors (Lipinski definition) is 4. The van der Waals surface area contributed by atoms with Crippen LogP contribution in [0.2, 0.25) is 0 Å². The Morgan fingerprint density at radius 1 is 1.40 bits per heavy atom. The first-order valence-corrected chi connectivity index (χ1v) is 8.90. The molecule has 0 bridgehead atoms. The fourth-order valence-electron chi connectivity index (χ4n) is 2.92. The molecule has 2 aromatic rings. The zero-order valence-electron chi connectivity index (χ0n) is 14.3. The second-order valence-corrected chi connectivity index (χ2v) is 6.51. The van der Waals surface area contributed by atoms with Gasteiger partial charge in [-0.15, -0.1) is 0 Å². The molecule has 1 aromatic carbocycles. The van der Waals surface area contributed by atoms with Crippen molar-refractivity contribution in [2.24, 2.45) is 0 Å². The van der Waals surface area contributed by atoms with E-state index in [1.807, 2.05) is 24.3 Å². The third kappa shape index (κ3) is 4.70. The summed E-state index contributed by atoms with van der Waals surface area (Å²) < 4.78 is 10.7. The van der Waals surface area contributed by atoms with Gasteiger partial charge in [-0.1, -0.05) is 0 Å². The second-order valence-electron chi connectivity index (χ2n) is 6.10. The molecule has 1 aromatic heterocycles. The maximum atomic E-state index is 12.2. The Kier molecular flexibility index (Phi) is 5.88. The van der Waals surface area contributed by atoms with Crippen LogP contribution in [0.1, 0.15) is 18.4 Å². The third-order valence-electron chi connectivity index (χ3n) is 4.32. The van der Waals surface area contributed by atoms with Crippen LogP contribution in [-0.2, 0) is 11.2 Å². The Hall–Kier alpha value is -2.12. The highest BCUT2D eigenvalue weighted by Gasteiger charge is 2.15. The van der Waals surface area contributed by atoms with E-state index in [0.29, 0.717) is 18.1 Å². The predicted molar refractivity (Wildman–Crippen MR) is 102 cm³/mol. The third-order valence-corrected chi connectivity index (χ3v) is 4.61. The molecule has 2 heterocycles. The number of aromatic nitrogens is 1. The SMILES string of the molecule is COc1ccc2cc(CCNC(=S)NC[C@H]3CCCO3)c(=O)[nH]c2c1. The van der Waals surface area contributed by atoms with Crippen molar-refractivity contribution < 1.29 is 9.47 Å². The maximum absolute atomic E-state index is 12.2. The van der Waals surface area contributed by atoms with Gasteiger partial charge < -0.3 is 25.1 Å². The zero-order valence-corrected chi connectivity index (χ0v) is 15.1. The molecule has 0 unspecified atom stereocenters. The normalized spacial score (nSPS) is 16.8. The van der Waals surface area contributed by atoms with Gasteiger partial charge in [0.05, 0.1) is 18.7 Å². The Morgan fingerprint density at radius 2 is 2.28 bits per heavy atom. The largest absolute Gasteiger partial charge is 0.497 e. The second kappa shape index (κ2) is 8.31. The molecule has 25 heavy (non-hydrogen) atoms. The minimum Gasteiger partial charge on any atom is -0.497 e. The van der Waals surface area contributed by atoms with Gasteiger partial charge in [-0.2, -0.15) is 0 Å². The Bertz CT molecular complexity index is 800. The monoisotopic (exact) mass is 361 g/mol. The smallest absolute Gasteiger partial charge is 0.251 e. The topological polar surface area (TPSA) is 75.4 Å². The van der Waals surface area contributed by atoms with Crippen molar-refractivity contribution in [2.75, 3.05) is 26.8 Å². The molecule has 134 valence electrons. The number of nitrogens with one attached hydrogen (secondary N) is 3. The highest BCUT2D eigenvalue weighted by Crippen LogP contribution is 2.18. The minimum atomic E-state index is -0.0826. The van der Waals surface area contributed by atoms with Crippen LogP contribution in [0.5, 0.6) is 5.75 Å². The summed E-state index contributed by atoms with van der Waals surface area (Å²) in [7, 11) is 1.61. The van der Waals surface area contributed by atoms with Gasteiger partial charge in [0.15, 0.2) is 5.11 Å². The minimum absolute atomic E-state index is 0.0826. The summed E-state index contributed by atoms with van der Waals surface area (Å²) in [4.78, 5) is 15.1. The number of thiocarbonyl (C=S) groups is 1. The first kappa shape index (κ1) is 17.7. The quantitative estimate of drug-likeness (QED) is 0.681. The number of methoxy groups -OCH3 is 1. The predicted octanol–water partition coefficient (Wildman–Crippen LogP) is 1.72. The van der Waals surface area contributed by atoms with Crippen LogP contribution in [0.3, 0.4) is 0 Å². The van der Waals surface area contributed by atoms with Gasteiger partial charge in [-0.25, -0.2) is 0 Å². The number of fused-ring (bicyclic) bond motifs is 1. The lowest BCUT2D eigenvalue weighted by Gasteiger charge is -2.14. The lowest BCUT2D eigenvalue weighted by Crippen LogP contribution is -2.40. The summed E-state index contributed by atoms with van der Waals surface area (Å²) in [5.74, 6) is 0.722. The van der Waals surface area contributed by atoms with E-state index in [1.54, 1.807) is 7.11 Å². The van der Waals surface area contributed by atoms with Crippen LogP contribution in [0.15, 0.2) is 29.1 Å². The van der Waals surface area contributed by atoms with E-state index in [9.17, 15) is 4.79 Å². The fourth-order valence-corrected chi connectivity index (χ4v) is 3.11. The molecule has 1 atom stereocenters. The summed E-state index contributed by atoms with van der Waals surface area (Å²) in [6, 6.07) is 7.56. The van der Waals surface area contributed by atoms with E-state index in [-0.39, 0.29) is 11.7 Å². The molecule has 3 N–H and O–H groups in total. The Morgan fingerprint density at radius 3 is 3.04 bits per heavy atom. The lowest BCUT2D eigenvalue weighted by molar-refractivity contribution is 0.114. The van der Waals surface area contributed by atoms with E-state index in [2.05, 4.69) is 15.6 Å². The van der Waals surface area contributed by atoms with Crippen LogP contribution in [0.25, 0.3) is 10.9 Å². The van der Waals surface area contributed by atoms with Gasteiger partial charge in [-0.05, 0) is 55.1 Å². The van der Waals surface area contributed by atoms with Crippen LogP contribution in [0.4, 0.5) is 0 Å². The van der Waals surface area contributed by atoms with Crippen molar-refractivity contribution in [3.8, 4) is 5.75 Å². The number of aromatic amines is 1. The van der Waals surface area contributed by atoms with Crippen molar-refractivity contribution in [2.45, 2.75) is 25.4 Å². The highest BCUT2D eigenvalue weighted by molar-refractivity contribution is 7.80. The number of H-pyrrole nitrogens is 1.